The second-order valence-corrected chi connectivity index (χ2v) is 10.5. The highest BCUT2D eigenvalue weighted by atomic mass is 35.5. The van der Waals surface area contributed by atoms with Crippen molar-refractivity contribution in [3.63, 3.8) is 0 Å². The lowest BCUT2D eigenvalue weighted by Gasteiger charge is -2.15. The van der Waals surface area contributed by atoms with Crippen molar-refractivity contribution in [1.29, 1.82) is 0 Å². The van der Waals surface area contributed by atoms with E-state index < -0.39 is 25.9 Å². The van der Waals surface area contributed by atoms with Crippen LogP contribution in [0.25, 0.3) is 0 Å². The van der Waals surface area contributed by atoms with Crippen molar-refractivity contribution in [1.82, 2.24) is 4.72 Å². The zero-order valence-electron chi connectivity index (χ0n) is 14.6. The summed E-state index contributed by atoms with van der Waals surface area (Å²) in [4.78, 5) is 0.234. The number of rotatable bonds is 8. The lowest BCUT2D eigenvalue weighted by molar-refractivity contribution is 0.566. The lowest BCUT2D eigenvalue weighted by atomic mass is 10.1. The molecule has 2 aromatic carbocycles. The second-order valence-electron chi connectivity index (χ2n) is 5.97. The fourth-order valence-corrected chi connectivity index (χ4v) is 4.87. The third kappa shape index (κ3) is 5.54. The third-order valence-electron chi connectivity index (χ3n) is 4.07. The molecule has 0 saturated carbocycles. The molecule has 0 aliphatic rings. The van der Waals surface area contributed by atoms with Crippen LogP contribution in [0.15, 0.2) is 53.4 Å². The smallest absolute Gasteiger partial charge is 0.212 e. The van der Waals surface area contributed by atoms with Crippen LogP contribution in [0.5, 0.6) is 0 Å². The summed E-state index contributed by atoms with van der Waals surface area (Å²) in [5.74, 6) is -0.0556. The van der Waals surface area contributed by atoms with Gasteiger partial charge in [0, 0.05) is 11.1 Å². The van der Waals surface area contributed by atoms with Crippen molar-refractivity contribution < 1.29 is 16.8 Å². The number of hydrogen-bond acceptors (Lipinski definition) is 4. The van der Waals surface area contributed by atoms with E-state index in [4.69, 9.17) is 11.6 Å². The van der Waals surface area contributed by atoms with E-state index >= 15 is 0 Å². The van der Waals surface area contributed by atoms with Gasteiger partial charge in [0.05, 0.1) is 16.4 Å². The maximum Gasteiger partial charge on any atom is 0.212 e. The molecule has 5 nitrogen and oxygen atoms in total. The van der Waals surface area contributed by atoms with Crippen LogP contribution < -0.4 is 4.72 Å². The maximum atomic E-state index is 12.3. The van der Waals surface area contributed by atoms with Crippen molar-refractivity contribution in [2.45, 2.75) is 31.2 Å². The van der Waals surface area contributed by atoms with E-state index in [-0.39, 0.29) is 16.4 Å². The van der Waals surface area contributed by atoms with E-state index in [1.54, 1.807) is 44.2 Å². The van der Waals surface area contributed by atoms with Crippen LogP contribution in [-0.4, -0.2) is 28.3 Å². The van der Waals surface area contributed by atoms with E-state index in [0.29, 0.717) is 17.0 Å². The molecule has 0 aliphatic carbocycles. The number of sulfone groups is 1. The van der Waals surface area contributed by atoms with Gasteiger partial charge in [-0.2, -0.15) is 0 Å². The maximum absolute atomic E-state index is 12.3. The van der Waals surface area contributed by atoms with Gasteiger partial charge in [-0.15, -0.1) is 0 Å². The molecule has 2 aromatic rings. The Labute approximate surface area is 160 Å². The normalized spacial score (nSPS) is 13.5. The zero-order valence-corrected chi connectivity index (χ0v) is 17.0. The highest BCUT2D eigenvalue weighted by molar-refractivity contribution is 7.91. The van der Waals surface area contributed by atoms with E-state index in [1.807, 2.05) is 6.07 Å². The van der Waals surface area contributed by atoms with Crippen molar-refractivity contribution in [3.8, 4) is 0 Å². The number of nitrogens with one attached hydrogen (secondary N) is 1. The Morgan fingerprint density at radius 1 is 1.00 bits per heavy atom. The van der Waals surface area contributed by atoms with Gasteiger partial charge in [-0.05, 0) is 42.7 Å². The Morgan fingerprint density at radius 2 is 1.62 bits per heavy atom. The number of sulfonamides is 1. The number of aryl methyl sites for hydroxylation is 1. The number of benzene rings is 2. The summed E-state index contributed by atoms with van der Waals surface area (Å²) in [5, 5.41) is 0.545. The predicted molar refractivity (Wildman–Crippen MR) is 105 cm³/mol. The first-order valence-electron chi connectivity index (χ1n) is 8.21. The van der Waals surface area contributed by atoms with E-state index in [1.165, 1.54) is 12.1 Å². The van der Waals surface area contributed by atoms with Crippen molar-refractivity contribution >= 4 is 31.5 Å². The molecule has 0 aliphatic heterocycles. The Balaban J connectivity index is 2.03. The van der Waals surface area contributed by atoms with Crippen LogP contribution in [0.4, 0.5) is 0 Å². The minimum Gasteiger partial charge on any atom is -0.224 e. The van der Waals surface area contributed by atoms with E-state index in [9.17, 15) is 16.8 Å². The first-order chi connectivity index (χ1) is 12.1. The summed E-state index contributed by atoms with van der Waals surface area (Å²) in [5.41, 5.74) is 1.47. The fourth-order valence-electron chi connectivity index (χ4n) is 2.47. The van der Waals surface area contributed by atoms with Gasteiger partial charge in [-0.1, -0.05) is 48.9 Å². The summed E-state index contributed by atoms with van der Waals surface area (Å²) in [7, 11) is -6.78. The zero-order chi connectivity index (χ0) is 19.4. The molecule has 0 radical (unpaired) electrons. The van der Waals surface area contributed by atoms with Gasteiger partial charge in [0.25, 0.3) is 0 Å². The minimum absolute atomic E-state index is 0.0244. The monoisotopic (exact) mass is 415 g/mol. The topological polar surface area (TPSA) is 80.3 Å². The molecule has 0 bridgehead atoms. The Bertz CT molecular complexity index is 955. The molecule has 0 saturated heterocycles. The van der Waals surface area contributed by atoms with Gasteiger partial charge in [0.2, 0.25) is 10.0 Å². The quantitative estimate of drug-likeness (QED) is 0.716. The second kappa shape index (κ2) is 8.52. The Kier molecular flexibility index (Phi) is 6.85. The molecule has 0 aromatic heterocycles. The van der Waals surface area contributed by atoms with E-state index in [2.05, 4.69) is 4.72 Å². The summed E-state index contributed by atoms with van der Waals surface area (Å²) in [6.45, 7) is 3.30. The Morgan fingerprint density at radius 3 is 2.19 bits per heavy atom. The standard InChI is InChI=1S/C18H22ClNO4S2/c1-3-25(21,22)17-10-8-15(9-11-17)14(2)20-26(23,24)13-12-16-6-4-5-7-18(16)19/h4-11,14,20H,3,12-13H2,1-2H3. The summed E-state index contributed by atoms with van der Waals surface area (Å²) in [6, 6.07) is 12.9. The molecule has 0 fully saturated rings. The molecule has 0 spiro atoms. The van der Waals surface area contributed by atoms with Crippen LogP contribution >= 0.6 is 11.6 Å². The highest BCUT2D eigenvalue weighted by Gasteiger charge is 2.18. The molecule has 1 unspecified atom stereocenters. The summed E-state index contributed by atoms with van der Waals surface area (Å²) >= 11 is 6.05. The van der Waals surface area contributed by atoms with Crippen molar-refractivity contribution in [2.24, 2.45) is 0 Å². The van der Waals surface area contributed by atoms with Gasteiger partial charge >= 0.3 is 0 Å². The molecular formula is C18H22ClNO4S2. The number of halogens is 1. The van der Waals surface area contributed by atoms with E-state index in [0.717, 1.165) is 5.56 Å². The molecule has 2 rings (SSSR count). The third-order valence-corrected chi connectivity index (χ3v) is 7.65. The highest BCUT2D eigenvalue weighted by Crippen LogP contribution is 2.19. The lowest BCUT2D eigenvalue weighted by Crippen LogP contribution is -2.30. The van der Waals surface area contributed by atoms with Gasteiger partial charge in [-0.3, -0.25) is 0 Å². The van der Waals surface area contributed by atoms with Crippen molar-refractivity contribution in [2.75, 3.05) is 11.5 Å². The SMILES string of the molecule is CCS(=O)(=O)c1ccc(C(C)NS(=O)(=O)CCc2ccccc2Cl)cc1. The number of hydrogen-bond donors (Lipinski definition) is 1. The van der Waals surface area contributed by atoms with Crippen LogP contribution in [0.1, 0.15) is 31.0 Å². The summed E-state index contributed by atoms with van der Waals surface area (Å²) < 4.78 is 50.9. The molecule has 26 heavy (non-hydrogen) atoms. The average Bonchev–Trinajstić information content (AvgIpc) is 2.61. The Hall–Kier alpha value is -1.41. The molecule has 1 N–H and O–H groups in total. The van der Waals surface area contributed by atoms with Gasteiger partial charge in [-0.25, -0.2) is 21.6 Å². The average molecular weight is 416 g/mol. The first-order valence-corrected chi connectivity index (χ1v) is 11.9. The molecule has 0 amide bonds. The molecule has 8 heteroatoms. The van der Waals surface area contributed by atoms with Gasteiger partial charge < -0.3 is 0 Å². The first kappa shape index (κ1) is 20.9. The largest absolute Gasteiger partial charge is 0.224 e. The molecule has 142 valence electrons. The van der Waals surface area contributed by atoms with Crippen LogP contribution in [0.2, 0.25) is 5.02 Å². The fraction of sp³-hybridized carbons (Fsp3) is 0.333. The van der Waals surface area contributed by atoms with Gasteiger partial charge in [0.1, 0.15) is 0 Å². The van der Waals surface area contributed by atoms with Crippen molar-refractivity contribution in [3.05, 3.63) is 64.7 Å². The molecular weight excluding hydrogens is 394 g/mol. The molecule has 0 heterocycles. The van der Waals surface area contributed by atoms with Gasteiger partial charge in [0.15, 0.2) is 9.84 Å². The molecule has 1 atom stereocenters. The van der Waals surface area contributed by atoms with Crippen LogP contribution in [-0.2, 0) is 26.3 Å². The predicted octanol–water partition coefficient (Wildman–Crippen LogP) is 3.36. The summed E-state index contributed by atoms with van der Waals surface area (Å²) in [6.07, 6.45) is 0.315. The van der Waals surface area contributed by atoms with Crippen LogP contribution in [0, 0.1) is 0 Å². The van der Waals surface area contributed by atoms with Crippen LogP contribution in [0.3, 0.4) is 0 Å². The minimum atomic E-state index is -3.51.